The van der Waals surface area contributed by atoms with Crippen LogP contribution < -0.4 is 10.6 Å². The molecule has 2 amide bonds. The third kappa shape index (κ3) is 3.50. The van der Waals surface area contributed by atoms with E-state index in [1.54, 1.807) is 36.5 Å². The summed E-state index contributed by atoms with van der Waals surface area (Å²) in [5.74, 6) is 0.687. The van der Waals surface area contributed by atoms with Crippen LogP contribution in [0.25, 0.3) is 0 Å². The van der Waals surface area contributed by atoms with Gasteiger partial charge in [0.25, 0.3) is 11.8 Å². The van der Waals surface area contributed by atoms with E-state index >= 15 is 0 Å². The Morgan fingerprint density at radius 3 is 2.10 bits per heavy atom. The number of hydrogen-bond acceptors (Lipinski definition) is 4. The van der Waals surface area contributed by atoms with Crippen LogP contribution in [0.2, 0.25) is 5.15 Å². The van der Waals surface area contributed by atoms with Crippen LogP contribution in [0.1, 0.15) is 59.5 Å². The molecule has 2 atom stereocenters. The minimum absolute atomic E-state index is 0.134. The van der Waals surface area contributed by atoms with Crippen molar-refractivity contribution in [2.75, 3.05) is 0 Å². The van der Waals surface area contributed by atoms with Gasteiger partial charge in [-0.05, 0) is 74.6 Å². The molecule has 6 rings (SSSR count). The molecule has 4 fully saturated rings. The van der Waals surface area contributed by atoms with Gasteiger partial charge in [0.05, 0.1) is 0 Å². The van der Waals surface area contributed by atoms with Gasteiger partial charge in [-0.15, -0.1) is 0 Å². The number of nitrogens with one attached hydrogen (secondary N) is 2. The zero-order valence-corrected chi connectivity index (χ0v) is 16.8. The summed E-state index contributed by atoms with van der Waals surface area (Å²) in [5, 5.41) is 6.88. The number of amides is 2. The van der Waals surface area contributed by atoms with E-state index in [2.05, 4.69) is 20.6 Å². The first-order valence-electron chi connectivity index (χ1n) is 10.1. The lowest BCUT2D eigenvalue weighted by molar-refractivity contribution is -0.0449. The molecule has 4 aliphatic rings. The average Bonchev–Trinajstić information content (AvgIpc) is 2.67. The van der Waals surface area contributed by atoms with Crippen LogP contribution in [-0.2, 0) is 0 Å². The summed E-state index contributed by atoms with van der Waals surface area (Å²) in [5.41, 5.74) is 0.181. The van der Waals surface area contributed by atoms with E-state index in [0.29, 0.717) is 28.4 Å². The summed E-state index contributed by atoms with van der Waals surface area (Å²) in [6.07, 6.45) is 7.40. The third-order valence-corrected chi connectivity index (χ3v) is 6.87. The number of pyridine rings is 2. The smallest absolute Gasteiger partial charge is 0.270 e. The highest BCUT2D eigenvalue weighted by atomic mass is 35.5. The second-order valence-corrected chi connectivity index (χ2v) is 9.38. The number of rotatable bonds is 4. The Hall–Kier alpha value is -2.47. The Kier molecular flexibility index (Phi) is 4.35. The molecule has 2 aromatic rings. The number of nitrogens with zero attached hydrogens (tertiary/aromatic N) is 2. The number of carbonyl (C=O) groups excluding carboxylic acids is 2. The molecule has 29 heavy (non-hydrogen) atoms. The van der Waals surface area contributed by atoms with Crippen molar-refractivity contribution in [3.8, 4) is 0 Å². The van der Waals surface area contributed by atoms with Crippen LogP contribution in [0.4, 0.5) is 0 Å². The Morgan fingerprint density at radius 1 is 0.897 bits per heavy atom. The second-order valence-electron chi connectivity index (χ2n) is 8.99. The van der Waals surface area contributed by atoms with Crippen molar-refractivity contribution in [1.82, 2.24) is 20.6 Å². The SMILES string of the molecule is O=C(NC12CC3CC(C1)CC(NC(=O)c1cccc(Cl)n1)(C3)C2)c1ccccn1. The summed E-state index contributed by atoms with van der Waals surface area (Å²) in [6, 6.07) is 10.4. The highest BCUT2D eigenvalue weighted by molar-refractivity contribution is 6.29. The van der Waals surface area contributed by atoms with Crippen molar-refractivity contribution in [2.45, 2.75) is 49.6 Å². The number of aromatic nitrogens is 2. The highest BCUT2D eigenvalue weighted by Gasteiger charge is 2.58. The van der Waals surface area contributed by atoms with E-state index in [1.807, 2.05) is 6.07 Å². The first kappa shape index (κ1) is 18.6. The molecule has 150 valence electrons. The van der Waals surface area contributed by atoms with Crippen molar-refractivity contribution in [1.29, 1.82) is 0 Å². The number of halogens is 1. The lowest BCUT2D eigenvalue weighted by Gasteiger charge is -2.62. The van der Waals surface area contributed by atoms with Crippen molar-refractivity contribution >= 4 is 23.4 Å². The van der Waals surface area contributed by atoms with Crippen molar-refractivity contribution < 1.29 is 9.59 Å². The fraction of sp³-hybridized carbons (Fsp3) is 0.455. The number of hydrogen-bond donors (Lipinski definition) is 2. The van der Waals surface area contributed by atoms with Crippen LogP contribution in [0.3, 0.4) is 0 Å². The standard InChI is InChI=1S/C22H23ClN4O2/c23-18-6-3-5-17(25-18)20(29)27-22-11-14-8-15(12-22)10-21(9-14,13-22)26-19(28)16-4-1-2-7-24-16/h1-7,14-15H,8-13H2,(H,26,28)(H,27,29). The fourth-order valence-electron chi connectivity index (χ4n) is 6.20. The maximum absolute atomic E-state index is 12.9. The molecule has 2 aromatic heterocycles. The first-order valence-corrected chi connectivity index (χ1v) is 10.5. The maximum atomic E-state index is 12.9. The lowest BCUT2D eigenvalue weighted by atomic mass is 9.49. The maximum Gasteiger partial charge on any atom is 0.270 e. The molecule has 6 nitrogen and oxygen atoms in total. The molecule has 0 saturated heterocycles. The van der Waals surface area contributed by atoms with Crippen LogP contribution in [0.15, 0.2) is 42.6 Å². The van der Waals surface area contributed by atoms with Crippen molar-refractivity contribution in [3.63, 3.8) is 0 Å². The van der Waals surface area contributed by atoms with Crippen molar-refractivity contribution in [2.24, 2.45) is 11.8 Å². The minimum atomic E-state index is -0.303. The normalized spacial score (nSPS) is 32.0. The van der Waals surface area contributed by atoms with E-state index in [0.717, 1.165) is 32.1 Å². The zero-order valence-electron chi connectivity index (χ0n) is 16.0. The molecule has 0 radical (unpaired) electrons. The van der Waals surface area contributed by atoms with Gasteiger partial charge in [-0.1, -0.05) is 23.7 Å². The quantitative estimate of drug-likeness (QED) is 0.757. The minimum Gasteiger partial charge on any atom is -0.345 e. The van der Waals surface area contributed by atoms with Gasteiger partial charge in [0.15, 0.2) is 0 Å². The van der Waals surface area contributed by atoms with Crippen molar-refractivity contribution in [3.05, 3.63) is 59.1 Å². The monoisotopic (exact) mass is 410 g/mol. The summed E-state index contributed by atoms with van der Waals surface area (Å²) in [6.45, 7) is 0. The molecular formula is C22H23ClN4O2. The molecule has 0 aliphatic heterocycles. The van der Waals surface area contributed by atoms with Gasteiger partial charge in [0.1, 0.15) is 16.5 Å². The van der Waals surface area contributed by atoms with E-state index in [9.17, 15) is 9.59 Å². The Bertz CT molecular complexity index is 950. The average molecular weight is 411 g/mol. The van der Waals surface area contributed by atoms with E-state index < -0.39 is 0 Å². The molecule has 0 spiro atoms. The van der Waals surface area contributed by atoms with E-state index in [4.69, 9.17) is 11.6 Å². The fourth-order valence-corrected chi connectivity index (χ4v) is 6.36. The van der Waals surface area contributed by atoms with Crippen LogP contribution >= 0.6 is 11.6 Å². The number of carbonyl (C=O) groups is 2. The molecular weight excluding hydrogens is 388 g/mol. The summed E-state index contributed by atoms with van der Waals surface area (Å²) in [4.78, 5) is 34.1. The van der Waals surface area contributed by atoms with Gasteiger partial charge in [-0.25, -0.2) is 4.98 Å². The van der Waals surface area contributed by atoms with Crippen LogP contribution in [0.5, 0.6) is 0 Å². The van der Waals surface area contributed by atoms with Gasteiger partial charge in [-0.3, -0.25) is 14.6 Å². The summed E-state index contributed by atoms with van der Waals surface area (Å²) >= 11 is 5.96. The summed E-state index contributed by atoms with van der Waals surface area (Å²) in [7, 11) is 0. The second kappa shape index (κ2) is 6.80. The van der Waals surface area contributed by atoms with Gasteiger partial charge in [-0.2, -0.15) is 0 Å². The molecule has 7 heteroatoms. The Labute approximate surface area is 174 Å². The lowest BCUT2D eigenvalue weighted by Crippen LogP contribution is -2.69. The van der Waals surface area contributed by atoms with E-state index in [-0.39, 0.29) is 22.9 Å². The Balaban J connectivity index is 1.38. The predicted molar refractivity (Wildman–Crippen MR) is 109 cm³/mol. The topological polar surface area (TPSA) is 84.0 Å². The molecule has 4 aliphatic carbocycles. The molecule has 4 saturated carbocycles. The van der Waals surface area contributed by atoms with Gasteiger partial charge in [0.2, 0.25) is 0 Å². The van der Waals surface area contributed by atoms with Crippen LogP contribution in [-0.4, -0.2) is 32.9 Å². The molecule has 2 heterocycles. The largest absolute Gasteiger partial charge is 0.345 e. The molecule has 2 N–H and O–H groups in total. The summed E-state index contributed by atoms with van der Waals surface area (Å²) < 4.78 is 0. The highest BCUT2D eigenvalue weighted by Crippen LogP contribution is 2.57. The third-order valence-electron chi connectivity index (χ3n) is 6.66. The molecule has 2 unspecified atom stereocenters. The van der Waals surface area contributed by atoms with Gasteiger partial charge in [0, 0.05) is 17.3 Å². The molecule has 4 bridgehead atoms. The van der Waals surface area contributed by atoms with E-state index in [1.165, 1.54) is 6.42 Å². The van der Waals surface area contributed by atoms with Crippen LogP contribution in [0, 0.1) is 11.8 Å². The first-order chi connectivity index (χ1) is 13.9. The van der Waals surface area contributed by atoms with Gasteiger partial charge >= 0.3 is 0 Å². The molecule has 0 aromatic carbocycles. The zero-order chi connectivity index (χ0) is 20.1. The Morgan fingerprint density at radius 2 is 1.52 bits per heavy atom. The van der Waals surface area contributed by atoms with Gasteiger partial charge < -0.3 is 10.6 Å². The predicted octanol–water partition coefficient (Wildman–Crippen LogP) is 3.38.